The van der Waals surface area contributed by atoms with Gasteiger partial charge < -0.3 is 14.4 Å². The molecule has 6 nitrogen and oxygen atoms in total. The third-order valence-electron chi connectivity index (χ3n) is 5.51. The van der Waals surface area contributed by atoms with E-state index in [1.54, 1.807) is 20.3 Å². The van der Waals surface area contributed by atoms with Crippen molar-refractivity contribution in [2.45, 2.75) is 17.1 Å². The van der Waals surface area contributed by atoms with E-state index in [0.29, 0.717) is 11.4 Å². The molecule has 3 aromatic rings. The number of ether oxygens (including phenoxy) is 2. The molecule has 0 amide bonds. The number of hydrogen-bond acceptors (Lipinski definition) is 6. The standard InChI is InChI=1S/C23H26N2O4S2/c1-25-12-10-17-14-20(21(29-3)15-18(17)11-13-25)24-31(26,27)23-9-8-22(30-23)16-4-6-19(28-2)7-5-16/h4-9,14-15,24H,10-13H2,1-3H3. The van der Waals surface area contributed by atoms with E-state index in [-0.39, 0.29) is 4.21 Å². The van der Waals surface area contributed by atoms with E-state index in [1.165, 1.54) is 16.9 Å². The van der Waals surface area contributed by atoms with Crippen LogP contribution in [0.25, 0.3) is 10.4 Å². The summed E-state index contributed by atoms with van der Waals surface area (Å²) in [4.78, 5) is 3.16. The van der Waals surface area contributed by atoms with Crippen molar-refractivity contribution in [1.29, 1.82) is 0 Å². The Bertz CT molecular complexity index is 1170. The van der Waals surface area contributed by atoms with Crippen LogP contribution >= 0.6 is 11.3 Å². The highest BCUT2D eigenvalue weighted by atomic mass is 32.2. The maximum atomic E-state index is 13.1. The minimum atomic E-state index is -3.74. The minimum absolute atomic E-state index is 0.259. The van der Waals surface area contributed by atoms with Gasteiger partial charge in [-0.05, 0) is 85.1 Å². The van der Waals surface area contributed by atoms with E-state index in [4.69, 9.17) is 9.47 Å². The lowest BCUT2D eigenvalue weighted by atomic mass is 10.0. The Morgan fingerprint density at radius 2 is 1.61 bits per heavy atom. The van der Waals surface area contributed by atoms with Crippen LogP contribution in [0.4, 0.5) is 5.69 Å². The van der Waals surface area contributed by atoms with E-state index in [2.05, 4.69) is 16.7 Å². The van der Waals surface area contributed by atoms with E-state index in [1.807, 2.05) is 42.5 Å². The number of likely N-dealkylation sites (N-methyl/N-ethyl adjacent to an activating group) is 1. The van der Waals surface area contributed by atoms with Gasteiger partial charge in [-0.3, -0.25) is 4.72 Å². The molecular formula is C23H26N2O4S2. The van der Waals surface area contributed by atoms with Crippen LogP contribution in [0, 0.1) is 0 Å². The maximum absolute atomic E-state index is 13.1. The second-order valence-corrected chi connectivity index (χ2v) is 10.6. The molecule has 4 rings (SSSR count). The lowest BCUT2D eigenvalue weighted by Crippen LogP contribution is -2.20. The average Bonchev–Trinajstić information content (AvgIpc) is 3.21. The predicted octanol–water partition coefficient (Wildman–Crippen LogP) is 4.26. The summed E-state index contributed by atoms with van der Waals surface area (Å²) >= 11 is 1.23. The molecule has 0 saturated heterocycles. The van der Waals surface area contributed by atoms with Crippen LogP contribution in [0.5, 0.6) is 11.5 Å². The van der Waals surface area contributed by atoms with Crippen LogP contribution in [0.2, 0.25) is 0 Å². The number of nitrogens with one attached hydrogen (secondary N) is 1. The Hall–Kier alpha value is -2.55. The van der Waals surface area contributed by atoms with Gasteiger partial charge in [0.05, 0.1) is 19.9 Å². The van der Waals surface area contributed by atoms with Gasteiger partial charge in [-0.1, -0.05) is 0 Å². The largest absolute Gasteiger partial charge is 0.497 e. The molecule has 31 heavy (non-hydrogen) atoms. The molecule has 2 aromatic carbocycles. The Labute approximate surface area is 187 Å². The summed E-state index contributed by atoms with van der Waals surface area (Å²) in [6, 6.07) is 14.9. The normalized spacial score (nSPS) is 14.5. The topological polar surface area (TPSA) is 67.9 Å². The Balaban J connectivity index is 1.61. The quantitative estimate of drug-likeness (QED) is 0.598. The number of fused-ring (bicyclic) bond motifs is 1. The third-order valence-corrected chi connectivity index (χ3v) is 8.50. The van der Waals surface area contributed by atoms with Gasteiger partial charge in [-0.2, -0.15) is 0 Å². The Kier molecular flexibility index (Phi) is 6.22. The summed E-state index contributed by atoms with van der Waals surface area (Å²) in [7, 11) is 1.54. The average molecular weight is 459 g/mol. The zero-order chi connectivity index (χ0) is 22.0. The zero-order valence-electron chi connectivity index (χ0n) is 17.8. The van der Waals surface area contributed by atoms with Crippen molar-refractivity contribution in [3.63, 3.8) is 0 Å². The molecule has 8 heteroatoms. The number of benzene rings is 2. The first-order chi connectivity index (χ1) is 14.9. The second-order valence-electron chi connectivity index (χ2n) is 7.58. The number of methoxy groups -OCH3 is 2. The summed E-state index contributed by atoms with van der Waals surface area (Å²) in [5, 5.41) is 0. The van der Waals surface area contributed by atoms with Crippen molar-refractivity contribution < 1.29 is 17.9 Å². The van der Waals surface area contributed by atoms with Crippen LogP contribution < -0.4 is 14.2 Å². The summed E-state index contributed by atoms with van der Waals surface area (Å²) in [6.07, 6.45) is 1.80. The second kappa shape index (κ2) is 8.90. The number of hydrogen-bond donors (Lipinski definition) is 1. The van der Waals surface area contributed by atoms with Crippen LogP contribution in [0.3, 0.4) is 0 Å². The van der Waals surface area contributed by atoms with E-state index < -0.39 is 10.0 Å². The first-order valence-corrected chi connectivity index (χ1v) is 12.3. The Morgan fingerprint density at radius 3 is 2.26 bits per heavy atom. The zero-order valence-corrected chi connectivity index (χ0v) is 19.5. The molecule has 1 aromatic heterocycles. The van der Waals surface area contributed by atoms with Gasteiger partial charge in [0.25, 0.3) is 10.0 Å². The van der Waals surface area contributed by atoms with Gasteiger partial charge in [0.15, 0.2) is 0 Å². The van der Waals surface area contributed by atoms with Crippen LogP contribution in [-0.4, -0.2) is 47.7 Å². The highest BCUT2D eigenvalue weighted by Crippen LogP contribution is 2.35. The van der Waals surface area contributed by atoms with Crippen LogP contribution in [0.15, 0.2) is 52.7 Å². The molecule has 2 heterocycles. The van der Waals surface area contributed by atoms with Crippen molar-refractivity contribution in [2.75, 3.05) is 39.1 Å². The van der Waals surface area contributed by atoms with Gasteiger partial charge in [-0.25, -0.2) is 8.42 Å². The molecule has 1 N–H and O–H groups in total. The fourth-order valence-corrected chi connectivity index (χ4v) is 6.06. The first kappa shape index (κ1) is 21.7. The predicted molar refractivity (Wildman–Crippen MR) is 125 cm³/mol. The van der Waals surface area contributed by atoms with Gasteiger partial charge in [0, 0.05) is 18.0 Å². The Morgan fingerprint density at radius 1 is 0.935 bits per heavy atom. The lowest BCUT2D eigenvalue weighted by molar-refractivity contribution is 0.352. The molecule has 164 valence electrons. The summed E-state index contributed by atoms with van der Waals surface area (Å²) in [5.41, 5.74) is 3.79. The highest BCUT2D eigenvalue weighted by Gasteiger charge is 2.22. The molecule has 0 radical (unpaired) electrons. The van der Waals surface area contributed by atoms with E-state index in [9.17, 15) is 8.42 Å². The summed E-state index contributed by atoms with van der Waals surface area (Å²) in [5.74, 6) is 1.30. The highest BCUT2D eigenvalue weighted by molar-refractivity contribution is 7.94. The monoisotopic (exact) mass is 458 g/mol. The third kappa shape index (κ3) is 4.71. The fraction of sp³-hybridized carbons (Fsp3) is 0.304. The van der Waals surface area contributed by atoms with Crippen LogP contribution in [0.1, 0.15) is 11.1 Å². The molecule has 0 bridgehead atoms. The molecule has 0 unspecified atom stereocenters. The number of rotatable bonds is 6. The maximum Gasteiger partial charge on any atom is 0.271 e. The molecule has 0 saturated carbocycles. The van der Waals surface area contributed by atoms with Gasteiger partial charge >= 0.3 is 0 Å². The first-order valence-electron chi connectivity index (χ1n) is 10.0. The van der Waals surface area contributed by atoms with E-state index >= 15 is 0 Å². The van der Waals surface area contributed by atoms with Crippen molar-refractivity contribution in [1.82, 2.24) is 4.90 Å². The molecule has 0 fully saturated rings. The van der Waals surface area contributed by atoms with Gasteiger partial charge in [0.2, 0.25) is 0 Å². The lowest BCUT2D eigenvalue weighted by Gasteiger charge is -2.15. The molecule has 1 aliphatic heterocycles. The molecule has 0 atom stereocenters. The molecule has 0 spiro atoms. The fourth-order valence-electron chi connectivity index (χ4n) is 3.69. The smallest absolute Gasteiger partial charge is 0.271 e. The number of nitrogens with zero attached hydrogens (tertiary/aromatic N) is 1. The number of thiophene rings is 1. The molecular weight excluding hydrogens is 432 g/mol. The minimum Gasteiger partial charge on any atom is -0.497 e. The van der Waals surface area contributed by atoms with Crippen molar-refractivity contribution in [3.05, 3.63) is 59.7 Å². The number of anilines is 1. The van der Waals surface area contributed by atoms with Gasteiger partial charge in [-0.15, -0.1) is 11.3 Å². The number of sulfonamides is 1. The summed E-state index contributed by atoms with van der Waals surface area (Å²) in [6.45, 7) is 1.92. The molecule has 0 aliphatic carbocycles. The molecule has 1 aliphatic rings. The van der Waals surface area contributed by atoms with Crippen molar-refractivity contribution >= 4 is 27.0 Å². The van der Waals surface area contributed by atoms with Crippen molar-refractivity contribution in [3.8, 4) is 21.9 Å². The van der Waals surface area contributed by atoms with Crippen molar-refractivity contribution in [2.24, 2.45) is 0 Å². The summed E-state index contributed by atoms with van der Waals surface area (Å²) < 4.78 is 39.9. The van der Waals surface area contributed by atoms with Crippen LogP contribution in [-0.2, 0) is 22.9 Å². The van der Waals surface area contributed by atoms with E-state index in [0.717, 1.165) is 47.7 Å². The van der Waals surface area contributed by atoms with Gasteiger partial charge in [0.1, 0.15) is 15.7 Å². The SMILES string of the molecule is COc1ccc(-c2ccc(S(=O)(=O)Nc3cc4c(cc3OC)CCN(C)CC4)s2)cc1.